The van der Waals surface area contributed by atoms with Crippen LogP contribution in [0.2, 0.25) is 0 Å². The quantitative estimate of drug-likeness (QED) is 0.555. The van der Waals surface area contributed by atoms with E-state index in [9.17, 15) is 0 Å². The summed E-state index contributed by atoms with van der Waals surface area (Å²) in [5, 5.41) is 3.25. The van der Waals surface area contributed by atoms with Crippen LogP contribution in [0.1, 0.15) is 20.8 Å². The molecular formula is C8H15NO2. The first kappa shape index (κ1) is 7.53. The standard InChI is InChI=1S/C8H15NO2/c1-7(2)10-6-4-9-5-8(6,3)11-7/h6,9H,4-5H2,1-3H3. The third-order valence-corrected chi connectivity index (χ3v) is 2.39. The monoisotopic (exact) mass is 157 g/mol. The molecule has 2 saturated heterocycles. The molecule has 0 bridgehead atoms. The Balaban J connectivity index is 2.19. The Kier molecular flexibility index (Phi) is 1.35. The zero-order chi connectivity index (χ0) is 8.11. The van der Waals surface area contributed by atoms with Gasteiger partial charge in [0.15, 0.2) is 5.79 Å². The van der Waals surface area contributed by atoms with Crippen LogP contribution in [0.4, 0.5) is 0 Å². The van der Waals surface area contributed by atoms with Crippen molar-refractivity contribution in [2.75, 3.05) is 13.1 Å². The SMILES string of the molecule is CC1(C)OC2CNCC2(C)O1. The average molecular weight is 157 g/mol. The highest BCUT2D eigenvalue weighted by atomic mass is 16.8. The molecule has 2 fully saturated rings. The lowest BCUT2D eigenvalue weighted by Crippen LogP contribution is -2.36. The number of hydrogen-bond donors (Lipinski definition) is 1. The highest BCUT2D eigenvalue weighted by Crippen LogP contribution is 2.37. The van der Waals surface area contributed by atoms with E-state index in [-0.39, 0.29) is 17.5 Å². The van der Waals surface area contributed by atoms with Gasteiger partial charge in [-0.1, -0.05) is 0 Å². The highest BCUT2D eigenvalue weighted by molar-refractivity contribution is 5.00. The summed E-state index contributed by atoms with van der Waals surface area (Å²) in [5.41, 5.74) is -0.0938. The summed E-state index contributed by atoms with van der Waals surface area (Å²) in [6.07, 6.45) is 0.234. The maximum atomic E-state index is 5.78. The van der Waals surface area contributed by atoms with Crippen molar-refractivity contribution in [1.82, 2.24) is 5.32 Å². The molecule has 0 aromatic heterocycles. The van der Waals surface area contributed by atoms with Crippen molar-refractivity contribution in [3.63, 3.8) is 0 Å². The summed E-state index contributed by atoms with van der Waals surface area (Å²) in [6, 6.07) is 0. The molecule has 2 aliphatic heterocycles. The fourth-order valence-corrected chi connectivity index (χ4v) is 1.98. The van der Waals surface area contributed by atoms with Crippen molar-refractivity contribution in [3.8, 4) is 0 Å². The van der Waals surface area contributed by atoms with E-state index < -0.39 is 0 Å². The van der Waals surface area contributed by atoms with Crippen molar-refractivity contribution in [2.45, 2.75) is 38.3 Å². The highest BCUT2D eigenvalue weighted by Gasteiger charge is 2.52. The summed E-state index contributed by atoms with van der Waals surface area (Å²) in [6.45, 7) is 7.86. The lowest BCUT2D eigenvalue weighted by atomic mass is 10.0. The minimum atomic E-state index is -0.387. The first-order chi connectivity index (χ1) is 5.02. The molecule has 0 radical (unpaired) electrons. The normalized spacial score (nSPS) is 47.7. The van der Waals surface area contributed by atoms with Crippen molar-refractivity contribution < 1.29 is 9.47 Å². The first-order valence-corrected chi connectivity index (χ1v) is 4.11. The smallest absolute Gasteiger partial charge is 0.164 e. The maximum absolute atomic E-state index is 5.78. The topological polar surface area (TPSA) is 30.5 Å². The zero-order valence-electron chi connectivity index (χ0n) is 7.31. The molecule has 0 spiro atoms. The van der Waals surface area contributed by atoms with Crippen LogP contribution in [0.3, 0.4) is 0 Å². The molecule has 3 heteroatoms. The van der Waals surface area contributed by atoms with Gasteiger partial charge in [0.2, 0.25) is 0 Å². The van der Waals surface area contributed by atoms with Crippen LogP contribution in [0.25, 0.3) is 0 Å². The lowest BCUT2D eigenvalue weighted by Gasteiger charge is -2.22. The van der Waals surface area contributed by atoms with E-state index in [1.165, 1.54) is 0 Å². The maximum Gasteiger partial charge on any atom is 0.164 e. The van der Waals surface area contributed by atoms with Gasteiger partial charge in [-0.2, -0.15) is 0 Å². The second-order valence-electron chi connectivity index (χ2n) is 4.05. The van der Waals surface area contributed by atoms with E-state index in [2.05, 4.69) is 12.2 Å². The van der Waals surface area contributed by atoms with Gasteiger partial charge in [0.1, 0.15) is 11.7 Å². The second-order valence-corrected chi connectivity index (χ2v) is 4.05. The summed E-state index contributed by atoms with van der Waals surface area (Å²) in [4.78, 5) is 0. The van der Waals surface area contributed by atoms with E-state index in [0.717, 1.165) is 13.1 Å². The third kappa shape index (κ3) is 1.08. The van der Waals surface area contributed by atoms with Gasteiger partial charge in [-0.05, 0) is 20.8 Å². The Morgan fingerprint density at radius 1 is 1.36 bits per heavy atom. The van der Waals surface area contributed by atoms with Crippen LogP contribution in [-0.2, 0) is 9.47 Å². The fraction of sp³-hybridized carbons (Fsp3) is 1.00. The van der Waals surface area contributed by atoms with Crippen molar-refractivity contribution in [3.05, 3.63) is 0 Å². The van der Waals surface area contributed by atoms with Crippen molar-refractivity contribution >= 4 is 0 Å². The zero-order valence-corrected chi connectivity index (χ0v) is 7.31. The van der Waals surface area contributed by atoms with Crippen LogP contribution in [0, 0.1) is 0 Å². The summed E-state index contributed by atoms with van der Waals surface area (Å²) in [7, 11) is 0. The molecule has 0 aromatic rings. The molecule has 2 aliphatic rings. The molecule has 0 amide bonds. The van der Waals surface area contributed by atoms with Gasteiger partial charge in [-0.3, -0.25) is 0 Å². The Hall–Kier alpha value is -0.120. The number of rotatable bonds is 0. The van der Waals surface area contributed by atoms with Crippen LogP contribution in [-0.4, -0.2) is 30.6 Å². The molecule has 3 nitrogen and oxygen atoms in total. The summed E-state index contributed by atoms with van der Waals surface area (Å²) >= 11 is 0. The average Bonchev–Trinajstić information content (AvgIpc) is 2.16. The molecule has 0 saturated carbocycles. The fourth-order valence-electron chi connectivity index (χ4n) is 1.98. The molecule has 2 atom stereocenters. The molecule has 2 heterocycles. The van der Waals surface area contributed by atoms with Gasteiger partial charge < -0.3 is 14.8 Å². The molecule has 0 aromatic carbocycles. The lowest BCUT2D eigenvalue weighted by molar-refractivity contribution is -0.162. The van der Waals surface area contributed by atoms with Gasteiger partial charge in [0.05, 0.1) is 0 Å². The predicted octanol–water partition coefficient (Wildman–Crippen LogP) is 0.500. The predicted molar refractivity (Wildman–Crippen MR) is 41.3 cm³/mol. The Bertz CT molecular complexity index is 181. The van der Waals surface area contributed by atoms with Gasteiger partial charge >= 0.3 is 0 Å². The molecule has 0 aliphatic carbocycles. The van der Waals surface area contributed by atoms with Gasteiger partial charge in [0, 0.05) is 13.1 Å². The Labute approximate surface area is 67.1 Å². The van der Waals surface area contributed by atoms with E-state index in [4.69, 9.17) is 9.47 Å². The molecule has 1 N–H and O–H groups in total. The Morgan fingerprint density at radius 3 is 2.73 bits per heavy atom. The van der Waals surface area contributed by atoms with Crippen molar-refractivity contribution in [2.24, 2.45) is 0 Å². The third-order valence-electron chi connectivity index (χ3n) is 2.39. The van der Waals surface area contributed by atoms with E-state index in [1.54, 1.807) is 0 Å². The largest absolute Gasteiger partial charge is 0.343 e. The van der Waals surface area contributed by atoms with Gasteiger partial charge in [-0.15, -0.1) is 0 Å². The van der Waals surface area contributed by atoms with E-state index >= 15 is 0 Å². The van der Waals surface area contributed by atoms with Gasteiger partial charge in [-0.25, -0.2) is 0 Å². The molecule has 64 valence electrons. The minimum absolute atomic E-state index is 0.0938. The number of ether oxygens (including phenoxy) is 2. The summed E-state index contributed by atoms with van der Waals surface area (Å²) in [5.74, 6) is -0.387. The van der Waals surface area contributed by atoms with E-state index in [0.29, 0.717) is 0 Å². The van der Waals surface area contributed by atoms with Crippen LogP contribution < -0.4 is 5.32 Å². The van der Waals surface area contributed by atoms with Crippen molar-refractivity contribution in [1.29, 1.82) is 0 Å². The number of hydrogen-bond acceptors (Lipinski definition) is 3. The number of fused-ring (bicyclic) bond motifs is 1. The Morgan fingerprint density at radius 2 is 2.09 bits per heavy atom. The molecule has 2 unspecified atom stereocenters. The first-order valence-electron chi connectivity index (χ1n) is 4.11. The van der Waals surface area contributed by atoms with Crippen LogP contribution in [0.15, 0.2) is 0 Å². The van der Waals surface area contributed by atoms with Crippen LogP contribution in [0.5, 0.6) is 0 Å². The van der Waals surface area contributed by atoms with E-state index in [1.807, 2.05) is 13.8 Å². The van der Waals surface area contributed by atoms with Gasteiger partial charge in [0.25, 0.3) is 0 Å². The number of nitrogens with one attached hydrogen (secondary N) is 1. The van der Waals surface area contributed by atoms with Crippen LogP contribution >= 0.6 is 0 Å². The second kappa shape index (κ2) is 1.97. The molecular weight excluding hydrogens is 142 g/mol. The molecule has 2 rings (SSSR count). The minimum Gasteiger partial charge on any atom is -0.343 e. The summed E-state index contributed by atoms with van der Waals surface area (Å²) < 4.78 is 11.5. The molecule has 11 heavy (non-hydrogen) atoms.